The Morgan fingerprint density at radius 3 is 2.00 bits per heavy atom. The van der Waals surface area contributed by atoms with Gasteiger partial charge in [0.05, 0.1) is 6.33 Å². The molecule has 1 fully saturated rings. The van der Waals surface area contributed by atoms with Crippen molar-refractivity contribution in [1.29, 1.82) is 0 Å². The van der Waals surface area contributed by atoms with E-state index in [-0.39, 0.29) is 0 Å². The standard InChI is InChI=1S/C13H22N2/c1-2-4-6-8-13(9-7-5-3-1)15-11-10-14-12-15/h10-13H,1-9H2. The van der Waals surface area contributed by atoms with Crippen LogP contribution in [0.4, 0.5) is 0 Å². The zero-order chi connectivity index (χ0) is 10.3. The molecule has 0 saturated heterocycles. The van der Waals surface area contributed by atoms with Crippen LogP contribution in [-0.4, -0.2) is 9.55 Å². The lowest BCUT2D eigenvalue weighted by molar-refractivity contribution is 0.381. The van der Waals surface area contributed by atoms with E-state index in [2.05, 4.69) is 15.7 Å². The Kier molecular flexibility index (Phi) is 4.24. The van der Waals surface area contributed by atoms with E-state index in [1.54, 1.807) is 0 Å². The van der Waals surface area contributed by atoms with Crippen molar-refractivity contribution >= 4 is 0 Å². The van der Waals surface area contributed by atoms with E-state index in [4.69, 9.17) is 0 Å². The Morgan fingerprint density at radius 1 is 0.867 bits per heavy atom. The van der Waals surface area contributed by atoms with Gasteiger partial charge in [-0.05, 0) is 12.8 Å². The summed E-state index contributed by atoms with van der Waals surface area (Å²) in [7, 11) is 0. The Labute approximate surface area is 92.7 Å². The Bertz CT molecular complexity index is 244. The number of hydrogen-bond donors (Lipinski definition) is 0. The second-order valence-corrected chi connectivity index (χ2v) is 4.72. The lowest BCUT2D eigenvalue weighted by Gasteiger charge is -2.19. The van der Waals surface area contributed by atoms with Crippen LogP contribution in [0.15, 0.2) is 18.7 Å². The summed E-state index contributed by atoms with van der Waals surface area (Å²) < 4.78 is 2.31. The first-order chi connectivity index (χ1) is 7.47. The van der Waals surface area contributed by atoms with E-state index < -0.39 is 0 Å². The molecule has 0 radical (unpaired) electrons. The van der Waals surface area contributed by atoms with Gasteiger partial charge in [0.2, 0.25) is 0 Å². The van der Waals surface area contributed by atoms with Crippen LogP contribution in [-0.2, 0) is 0 Å². The van der Waals surface area contributed by atoms with Crippen LogP contribution < -0.4 is 0 Å². The van der Waals surface area contributed by atoms with Crippen LogP contribution in [0.25, 0.3) is 0 Å². The third-order valence-corrected chi connectivity index (χ3v) is 3.52. The zero-order valence-electron chi connectivity index (χ0n) is 9.57. The molecule has 0 amide bonds. The highest BCUT2D eigenvalue weighted by molar-refractivity contribution is 4.80. The average molecular weight is 206 g/mol. The third kappa shape index (κ3) is 3.37. The van der Waals surface area contributed by atoms with Crippen LogP contribution in [0.2, 0.25) is 0 Å². The molecule has 84 valence electrons. The van der Waals surface area contributed by atoms with Crippen LogP contribution in [0.1, 0.15) is 63.8 Å². The zero-order valence-corrected chi connectivity index (χ0v) is 9.57. The molecule has 15 heavy (non-hydrogen) atoms. The summed E-state index contributed by atoms with van der Waals surface area (Å²) in [6.07, 6.45) is 18.7. The van der Waals surface area contributed by atoms with Crippen molar-refractivity contribution in [2.24, 2.45) is 0 Å². The van der Waals surface area contributed by atoms with Crippen LogP contribution >= 0.6 is 0 Å². The summed E-state index contributed by atoms with van der Waals surface area (Å²) in [6, 6.07) is 0.714. The van der Waals surface area contributed by atoms with E-state index in [0.717, 1.165) is 0 Å². The molecule has 0 N–H and O–H groups in total. The first-order valence-electron chi connectivity index (χ1n) is 6.44. The first kappa shape index (κ1) is 10.7. The molecule has 1 aliphatic carbocycles. The quantitative estimate of drug-likeness (QED) is 0.680. The van der Waals surface area contributed by atoms with Crippen molar-refractivity contribution in [2.75, 3.05) is 0 Å². The fourth-order valence-electron chi connectivity index (χ4n) is 2.57. The Balaban J connectivity index is 1.90. The summed E-state index contributed by atoms with van der Waals surface area (Å²) in [4.78, 5) is 4.16. The lowest BCUT2D eigenvalue weighted by atomic mass is 9.97. The third-order valence-electron chi connectivity index (χ3n) is 3.52. The van der Waals surface area contributed by atoms with Crippen molar-refractivity contribution in [3.05, 3.63) is 18.7 Å². The predicted molar refractivity (Wildman–Crippen MR) is 62.8 cm³/mol. The van der Waals surface area contributed by atoms with Gasteiger partial charge in [0.15, 0.2) is 0 Å². The molecule has 0 atom stereocenters. The average Bonchev–Trinajstić information content (AvgIpc) is 2.79. The van der Waals surface area contributed by atoms with E-state index >= 15 is 0 Å². The van der Waals surface area contributed by atoms with Crippen molar-refractivity contribution < 1.29 is 0 Å². The monoisotopic (exact) mass is 206 g/mol. The maximum atomic E-state index is 4.16. The van der Waals surface area contributed by atoms with Crippen molar-refractivity contribution in [1.82, 2.24) is 9.55 Å². The van der Waals surface area contributed by atoms with E-state index in [1.807, 2.05) is 12.5 Å². The number of hydrogen-bond acceptors (Lipinski definition) is 1. The highest BCUT2D eigenvalue weighted by Crippen LogP contribution is 2.24. The van der Waals surface area contributed by atoms with Gasteiger partial charge in [0.25, 0.3) is 0 Å². The van der Waals surface area contributed by atoms with Crippen molar-refractivity contribution in [2.45, 2.75) is 63.8 Å². The lowest BCUT2D eigenvalue weighted by Crippen LogP contribution is -2.08. The molecule has 2 heteroatoms. The van der Waals surface area contributed by atoms with Crippen molar-refractivity contribution in [3.8, 4) is 0 Å². The minimum absolute atomic E-state index is 0.714. The normalized spacial score (nSPS) is 21.3. The van der Waals surface area contributed by atoms with Gasteiger partial charge < -0.3 is 4.57 Å². The second-order valence-electron chi connectivity index (χ2n) is 4.72. The fraction of sp³-hybridized carbons (Fsp3) is 0.769. The van der Waals surface area contributed by atoms with Crippen LogP contribution in [0, 0.1) is 0 Å². The highest BCUT2D eigenvalue weighted by Gasteiger charge is 2.10. The molecular weight excluding hydrogens is 184 g/mol. The molecular formula is C13H22N2. The van der Waals surface area contributed by atoms with Crippen LogP contribution in [0.5, 0.6) is 0 Å². The molecule has 2 rings (SSSR count). The molecule has 0 bridgehead atoms. The molecule has 2 nitrogen and oxygen atoms in total. The van der Waals surface area contributed by atoms with E-state index in [9.17, 15) is 0 Å². The number of nitrogens with zero attached hydrogens (tertiary/aromatic N) is 2. The van der Waals surface area contributed by atoms with Crippen LogP contribution in [0.3, 0.4) is 0 Å². The minimum atomic E-state index is 0.714. The summed E-state index contributed by atoms with van der Waals surface area (Å²) in [6.45, 7) is 0. The SMILES string of the molecule is c1cn(C2CCCCCCCCC2)cn1. The summed E-state index contributed by atoms with van der Waals surface area (Å²) in [5.41, 5.74) is 0. The van der Waals surface area contributed by atoms with E-state index in [1.165, 1.54) is 57.8 Å². The highest BCUT2D eigenvalue weighted by atomic mass is 15.0. The van der Waals surface area contributed by atoms with Gasteiger partial charge in [0.1, 0.15) is 0 Å². The van der Waals surface area contributed by atoms with E-state index in [0.29, 0.717) is 6.04 Å². The van der Waals surface area contributed by atoms with Gasteiger partial charge in [-0.1, -0.05) is 44.9 Å². The molecule has 1 aromatic rings. The fourth-order valence-corrected chi connectivity index (χ4v) is 2.57. The minimum Gasteiger partial charge on any atom is -0.334 e. The molecule has 1 heterocycles. The smallest absolute Gasteiger partial charge is 0.0948 e. The second kappa shape index (κ2) is 5.94. The molecule has 0 aliphatic heterocycles. The van der Waals surface area contributed by atoms with Gasteiger partial charge in [-0.15, -0.1) is 0 Å². The van der Waals surface area contributed by atoms with Crippen molar-refractivity contribution in [3.63, 3.8) is 0 Å². The number of imidazole rings is 1. The summed E-state index contributed by atoms with van der Waals surface area (Å²) >= 11 is 0. The van der Waals surface area contributed by atoms with Gasteiger partial charge in [-0.25, -0.2) is 4.98 Å². The number of aromatic nitrogens is 2. The molecule has 1 aromatic heterocycles. The molecule has 0 unspecified atom stereocenters. The molecule has 0 aromatic carbocycles. The Morgan fingerprint density at radius 2 is 1.47 bits per heavy atom. The maximum Gasteiger partial charge on any atom is 0.0948 e. The van der Waals surface area contributed by atoms with Gasteiger partial charge >= 0.3 is 0 Å². The molecule has 1 saturated carbocycles. The predicted octanol–water partition coefficient (Wildman–Crippen LogP) is 3.95. The summed E-state index contributed by atoms with van der Waals surface area (Å²) in [5, 5.41) is 0. The largest absolute Gasteiger partial charge is 0.334 e. The Hall–Kier alpha value is -0.790. The topological polar surface area (TPSA) is 17.8 Å². The summed E-state index contributed by atoms with van der Waals surface area (Å²) in [5.74, 6) is 0. The molecule has 1 aliphatic rings. The number of rotatable bonds is 1. The molecule has 0 spiro atoms. The van der Waals surface area contributed by atoms with Gasteiger partial charge in [-0.3, -0.25) is 0 Å². The van der Waals surface area contributed by atoms with Gasteiger partial charge in [0, 0.05) is 18.4 Å². The van der Waals surface area contributed by atoms with Gasteiger partial charge in [-0.2, -0.15) is 0 Å². The maximum absolute atomic E-state index is 4.16. The first-order valence-corrected chi connectivity index (χ1v) is 6.44.